The fourth-order valence-corrected chi connectivity index (χ4v) is 4.16. The average molecular weight is 323 g/mol. The van der Waals surface area contributed by atoms with E-state index in [2.05, 4.69) is 34.7 Å². The minimum atomic E-state index is -0.441. The van der Waals surface area contributed by atoms with Crippen molar-refractivity contribution in [1.29, 1.82) is 0 Å². The summed E-state index contributed by atoms with van der Waals surface area (Å²) in [4.78, 5) is 20.1. The molecule has 21 heavy (non-hydrogen) atoms. The van der Waals surface area contributed by atoms with Crippen LogP contribution < -0.4 is 10.6 Å². The first kappa shape index (κ1) is 14.6. The van der Waals surface area contributed by atoms with Crippen LogP contribution in [-0.4, -0.2) is 34.7 Å². The maximum atomic E-state index is 12.1. The quantitative estimate of drug-likeness (QED) is 0.809. The Hall–Kier alpha value is -1.28. The Labute approximate surface area is 131 Å². The highest BCUT2D eigenvalue weighted by Gasteiger charge is 2.28. The number of β-amino-alcohol motifs (C(OH)–C–C–N with tert-alkyl or cyclic N) is 1. The molecule has 5 nitrogen and oxygen atoms in total. The second-order valence-electron chi connectivity index (χ2n) is 5.17. The summed E-state index contributed by atoms with van der Waals surface area (Å²) in [5.41, 5.74) is 0.938. The largest absolute Gasteiger partial charge is 0.392 e. The van der Waals surface area contributed by atoms with Crippen molar-refractivity contribution in [3.63, 3.8) is 0 Å². The molecule has 1 fully saturated rings. The molecule has 7 heteroatoms. The molecule has 0 aromatic carbocycles. The number of hydrogen-bond acceptors (Lipinski definition) is 6. The fourth-order valence-electron chi connectivity index (χ4n) is 2.35. The fraction of sp³-hybridized carbons (Fsp3) is 0.429. The maximum Gasteiger partial charge on any atom is 0.243 e. The van der Waals surface area contributed by atoms with Gasteiger partial charge in [0.15, 0.2) is 5.13 Å². The van der Waals surface area contributed by atoms with E-state index in [1.165, 1.54) is 16.2 Å². The molecule has 112 valence electrons. The number of aromatic nitrogens is 1. The number of thiazole rings is 1. The molecule has 0 radical (unpaired) electrons. The van der Waals surface area contributed by atoms with Gasteiger partial charge in [-0.25, -0.2) is 4.98 Å². The van der Waals surface area contributed by atoms with Crippen molar-refractivity contribution < 1.29 is 9.90 Å². The van der Waals surface area contributed by atoms with E-state index in [0.717, 1.165) is 15.4 Å². The second-order valence-corrected chi connectivity index (χ2v) is 7.66. The molecule has 1 saturated heterocycles. The van der Waals surface area contributed by atoms with E-state index in [-0.39, 0.29) is 11.9 Å². The van der Waals surface area contributed by atoms with Gasteiger partial charge in [-0.2, -0.15) is 0 Å². The minimum Gasteiger partial charge on any atom is -0.392 e. The van der Waals surface area contributed by atoms with Crippen LogP contribution in [0.3, 0.4) is 0 Å². The van der Waals surface area contributed by atoms with Crippen molar-refractivity contribution in [2.24, 2.45) is 0 Å². The van der Waals surface area contributed by atoms with Gasteiger partial charge in [-0.15, -0.1) is 22.7 Å². The number of carbonyl (C=O) groups is 1. The average Bonchev–Trinajstić information content (AvgIpc) is 3.11. The van der Waals surface area contributed by atoms with Gasteiger partial charge in [0, 0.05) is 16.3 Å². The lowest BCUT2D eigenvalue weighted by atomic mass is 10.2. The zero-order valence-electron chi connectivity index (χ0n) is 11.8. The Morgan fingerprint density at radius 2 is 2.24 bits per heavy atom. The van der Waals surface area contributed by atoms with Crippen molar-refractivity contribution in [3.8, 4) is 10.6 Å². The summed E-state index contributed by atoms with van der Waals surface area (Å²) >= 11 is 3.18. The Morgan fingerprint density at radius 1 is 1.43 bits per heavy atom. The number of aliphatic hydroxyl groups excluding tert-OH is 1. The lowest BCUT2D eigenvalue weighted by Gasteiger charge is -2.08. The normalized spacial score (nSPS) is 21.7. The Balaban J connectivity index is 1.74. The number of carbonyl (C=O) groups excluding carboxylic acids is 1. The Kier molecular flexibility index (Phi) is 4.08. The van der Waals surface area contributed by atoms with Crippen LogP contribution in [0, 0.1) is 13.8 Å². The zero-order chi connectivity index (χ0) is 15.0. The molecule has 0 aliphatic carbocycles. The smallest absolute Gasteiger partial charge is 0.243 e. The van der Waals surface area contributed by atoms with E-state index in [9.17, 15) is 9.90 Å². The molecular weight excluding hydrogens is 306 g/mol. The lowest BCUT2D eigenvalue weighted by molar-refractivity contribution is -0.117. The number of nitrogens with zero attached hydrogens (tertiary/aromatic N) is 1. The van der Waals surface area contributed by atoms with Gasteiger partial charge >= 0.3 is 0 Å². The van der Waals surface area contributed by atoms with E-state index in [4.69, 9.17) is 0 Å². The molecular formula is C14H17N3O2S2. The second kappa shape index (κ2) is 5.84. The first-order chi connectivity index (χ1) is 10.0. The van der Waals surface area contributed by atoms with E-state index in [1.807, 2.05) is 6.92 Å². The van der Waals surface area contributed by atoms with Crippen molar-refractivity contribution in [2.75, 3.05) is 11.9 Å². The van der Waals surface area contributed by atoms with Gasteiger partial charge in [0.1, 0.15) is 0 Å². The standard InChI is InChI=1S/C14H17N3O2S2/c1-7-3-4-11(20-7)12-8(2)21-14(16-12)17-13(19)10-5-9(18)6-15-10/h3-4,9-10,15,18H,5-6H2,1-2H3,(H,16,17,19)/t9-,10+/m0/s1. The summed E-state index contributed by atoms with van der Waals surface area (Å²) in [6.07, 6.45) is 0.0103. The van der Waals surface area contributed by atoms with Gasteiger partial charge in [-0.1, -0.05) is 0 Å². The third-order valence-corrected chi connectivity index (χ3v) is 5.32. The van der Waals surface area contributed by atoms with Gasteiger partial charge in [-0.3, -0.25) is 4.79 Å². The number of amides is 1. The van der Waals surface area contributed by atoms with Gasteiger partial charge in [0.25, 0.3) is 0 Å². The number of nitrogens with one attached hydrogen (secondary N) is 2. The number of aliphatic hydroxyl groups is 1. The SMILES string of the molecule is Cc1ccc(-c2nc(NC(=O)[C@H]3C[C@H](O)CN3)sc2C)s1. The van der Waals surface area contributed by atoms with Crippen LogP contribution >= 0.6 is 22.7 Å². The maximum absolute atomic E-state index is 12.1. The molecule has 0 bridgehead atoms. The van der Waals surface area contributed by atoms with Gasteiger partial charge in [0.05, 0.1) is 22.7 Å². The summed E-state index contributed by atoms with van der Waals surface area (Å²) in [7, 11) is 0. The number of thiophene rings is 1. The predicted molar refractivity (Wildman–Crippen MR) is 85.9 cm³/mol. The highest BCUT2D eigenvalue weighted by atomic mass is 32.1. The minimum absolute atomic E-state index is 0.130. The molecule has 2 aromatic heterocycles. The van der Waals surface area contributed by atoms with Crippen molar-refractivity contribution in [1.82, 2.24) is 10.3 Å². The van der Waals surface area contributed by atoms with Crippen LogP contribution in [0.5, 0.6) is 0 Å². The highest BCUT2D eigenvalue weighted by Crippen LogP contribution is 2.34. The zero-order valence-corrected chi connectivity index (χ0v) is 13.5. The summed E-state index contributed by atoms with van der Waals surface area (Å²) in [5.74, 6) is -0.130. The van der Waals surface area contributed by atoms with Gasteiger partial charge in [0.2, 0.25) is 5.91 Å². The molecule has 2 aromatic rings. The summed E-state index contributed by atoms with van der Waals surface area (Å²) in [5, 5.41) is 15.9. The van der Waals surface area contributed by atoms with Crippen LogP contribution in [0.15, 0.2) is 12.1 Å². The van der Waals surface area contributed by atoms with Gasteiger partial charge < -0.3 is 15.7 Å². The third-order valence-electron chi connectivity index (χ3n) is 3.42. The summed E-state index contributed by atoms with van der Waals surface area (Å²) in [6, 6.07) is 3.79. The molecule has 1 amide bonds. The van der Waals surface area contributed by atoms with Crippen LogP contribution in [-0.2, 0) is 4.79 Å². The number of hydrogen-bond donors (Lipinski definition) is 3. The molecule has 3 N–H and O–H groups in total. The van der Waals surface area contributed by atoms with Crippen LogP contribution in [0.4, 0.5) is 5.13 Å². The number of aryl methyl sites for hydroxylation is 2. The third kappa shape index (κ3) is 3.16. The predicted octanol–water partition coefficient (Wildman–Crippen LogP) is 2.15. The molecule has 1 aliphatic rings. The molecule has 1 aliphatic heterocycles. The van der Waals surface area contributed by atoms with Crippen LogP contribution in [0.1, 0.15) is 16.2 Å². The molecule has 0 unspecified atom stereocenters. The van der Waals surface area contributed by atoms with E-state index in [0.29, 0.717) is 18.1 Å². The monoisotopic (exact) mass is 323 g/mol. The topological polar surface area (TPSA) is 74.2 Å². The molecule has 0 spiro atoms. The first-order valence-corrected chi connectivity index (χ1v) is 8.43. The van der Waals surface area contributed by atoms with Crippen LogP contribution in [0.25, 0.3) is 10.6 Å². The van der Waals surface area contributed by atoms with E-state index >= 15 is 0 Å². The van der Waals surface area contributed by atoms with E-state index in [1.54, 1.807) is 11.3 Å². The van der Waals surface area contributed by atoms with Crippen molar-refractivity contribution in [3.05, 3.63) is 21.9 Å². The van der Waals surface area contributed by atoms with Crippen molar-refractivity contribution in [2.45, 2.75) is 32.4 Å². The molecule has 0 saturated carbocycles. The van der Waals surface area contributed by atoms with Crippen molar-refractivity contribution >= 4 is 33.7 Å². The lowest BCUT2D eigenvalue weighted by Crippen LogP contribution is -2.35. The highest BCUT2D eigenvalue weighted by molar-refractivity contribution is 7.18. The van der Waals surface area contributed by atoms with Gasteiger partial charge in [-0.05, 0) is 32.4 Å². The Bertz CT molecular complexity index is 665. The molecule has 3 rings (SSSR count). The summed E-state index contributed by atoms with van der Waals surface area (Å²) in [6.45, 7) is 4.54. The molecule has 2 atom stereocenters. The Morgan fingerprint density at radius 3 is 2.86 bits per heavy atom. The van der Waals surface area contributed by atoms with Crippen LogP contribution in [0.2, 0.25) is 0 Å². The molecule has 3 heterocycles. The first-order valence-electron chi connectivity index (χ1n) is 6.79. The number of anilines is 1. The van der Waals surface area contributed by atoms with E-state index < -0.39 is 6.10 Å². The number of rotatable bonds is 3. The summed E-state index contributed by atoms with van der Waals surface area (Å²) < 4.78 is 0.